The van der Waals surface area contributed by atoms with Gasteiger partial charge < -0.3 is 26.0 Å². The number of aromatic nitrogens is 1. The van der Waals surface area contributed by atoms with E-state index in [2.05, 4.69) is 24.3 Å². The first-order valence-corrected chi connectivity index (χ1v) is 16.7. The molecule has 2 bridgehead atoms. The molecule has 2 fully saturated rings. The molecule has 0 spiro atoms. The summed E-state index contributed by atoms with van der Waals surface area (Å²) in [6, 6.07) is 15.7. The van der Waals surface area contributed by atoms with Gasteiger partial charge in [0.25, 0.3) is 0 Å². The molecule has 9 heteroatoms. The van der Waals surface area contributed by atoms with Crippen molar-refractivity contribution >= 4 is 20.2 Å². The third-order valence-corrected chi connectivity index (χ3v) is 7.41. The standard InChI is InChI=1S/C28H37N5O.2ClH.Mn/c1-2-8-21(9-3-1)20-34-28-15-14-22-18-31-25-12-6-4-10-23(25)29-16-17-30-24-11-5-7-13-26(24)32-19-27(28)33-22;;;/h1-3,8-9,14-15,23-26H,4-7,10-13,16-20H2;2*1H;/q-4;;;+2/p-2/t23-,24?,25-,26?;;;/m1.../s1. The molecule has 6 nitrogen and oxygen atoms in total. The first-order valence-electron chi connectivity index (χ1n) is 13.5. The number of rotatable bonds is 3. The third-order valence-electron chi connectivity index (χ3n) is 7.41. The Morgan fingerprint density at radius 3 is 1.86 bits per heavy atom. The summed E-state index contributed by atoms with van der Waals surface area (Å²) in [4.78, 5) is 5.00. The fourth-order valence-corrected chi connectivity index (χ4v) is 5.50. The largest absolute Gasteiger partial charge is 0.662 e. The summed E-state index contributed by atoms with van der Waals surface area (Å²) in [6.45, 7) is 3.39. The Morgan fingerprint density at radius 1 is 0.730 bits per heavy atom. The number of pyridine rings is 1. The maximum absolute atomic E-state index is 6.22. The second-order valence-corrected chi connectivity index (χ2v) is 11.9. The van der Waals surface area contributed by atoms with Crippen molar-refractivity contribution in [3.63, 3.8) is 0 Å². The topological polar surface area (TPSA) is 78.5 Å². The van der Waals surface area contributed by atoms with Gasteiger partial charge in [0.2, 0.25) is 0 Å². The van der Waals surface area contributed by atoms with Gasteiger partial charge >= 0.3 is 33.3 Å². The molecular weight excluding hydrogens is 548 g/mol. The van der Waals surface area contributed by atoms with E-state index in [1.807, 2.05) is 18.2 Å². The van der Waals surface area contributed by atoms with E-state index < -0.39 is 0 Å². The predicted octanol–water partition coefficient (Wildman–Crippen LogP) is 8.17. The second kappa shape index (κ2) is 16.3. The van der Waals surface area contributed by atoms with Gasteiger partial charge in [-0.15, -0.1) is 13.1 Å². The number of benzene rings is 1. The van der Waals surface area contributed by atoms with Crippen LogP contribution in [0.15, 0.2) is 42.5 Å². The molecule has 2 heterocycles. The predicted molar refractivity (Wildman–Crippen MR) is 149 cm³/mol. The zero-order valence-electron chi connectivity index (χ0n) is 21.3. The van der Waals surface area contributed by atoms with Gasteiger partial charge in [0.15, 0.2) is 0 Å². The van der Waals surface area contributed by atoms with Gasteiger partial charge in [0, 0.05) is 5.69 Å². The second-order valence-electron chi connectivity index (χ2n) is 9.91. The molecule has 1 aliphatic heterocycles. The number of nitrogens with zero attached hydrogens (tertiary/aromatic N) is 5. The monoisotopic (exact) mass is 584 g/mol. The molecular formula is C28H37Cl2MnN5O-4. The smallest absolute Gasteiger partial charge is 0.139 e. The molecule has 2 saturated carbocycles. The van der Waals surface area contributed by atoms with Crippen molar-refractivity contribution in [1.29, 1.82) is 0 Å². The molecule has 5 rings (SSSR count). The van der Waals surface area contributed by atoms with Gasteiger partial charge in [-0.25, -0.2) is 0 Å². The molecule has 37 heavy (non-hydrogen) atoms. The van der Waals surface area contributed by atoms with Gasteiger partial charge in [0.1, 0.15) is 12.4 Å². The van der Waals surface area contributed by atoms with E-state index in [0.717, 1.165) is 61.5 Å². The molecule has 2 unspecified atom stereocenters. The number of hydrogen-bond donors (Lipinski definition) is 0. The summed E-state index contributed by atoms with van der Waals surface area (Å²) in [6.07, 6.45) is 9.54. The molecule has 1 aromatic carbocycles. The summed E-state index contributed by atoms with van der Waals surface area (Å²) < 4.78 is 6.22. The Hall–Kier alpha value is -0.891. The van der Waals surface area contributed by atoms with E-state index in [1.165, 1.54) is 25.7 Å². The van der Waals surface area contributed by atoms with E-state index in [-0.39, 0.29) is 19.2 Å². The molecule has 2 aromatic rings. The molecule has 0 radical (unpaired) electrons. The zero-order valence-corrected chi connectivity index (χ0v) is 24.0. The maximum atomic E-state index is 6.22. The number of halogens is 2. The van der Waals surface area contributed by atoms with Crippen LogP contribution < -0.4 is 4.74 Å². The van der Waals surface area contributed by atoms with Crippen molar-refractivity contribution in [2.75, 3.05) is 13.1 Å². The van der Waals surface area contributed by atoms with Crippen molar-refractivity contribution in [3.05, 3.63) is 80.7 Å². The Morgan fingerprint density at radius 2 is 1.27 bits per heavy atom. The summed E-state index contributed by atoms with van der Waals surface area (Å²) in [5, 5.41) is 20.3. The van der Waals surface area contributed by atoms with Crippen LogP contribution in [0, 0.1) is 0 Å². The fourth-order valence-electron chi connectivity index (χ4n) is 5.50. The van der Waals surface area contributed by atoms with E-state index >= 15 is 0 Å². The molecule has 0 N–H and O–H groups in total. The van der Waals surface area contributed by atoms with Crippen LogP contribution in [-0.2, 0) is 32.8 Å². The normalized spacial score (nSPS) is 26.8. The Balaban J connectivity index is 0.00000102. The first-order chi connectivity index (χ1) is 18.3. The van der Waals surface area contributed by atoms with Crippen molar-refractivity contribution in [1.82, 2.24) is 4.98 Å². The summed E-state index contributed by atoms with van der Waals surface area (Å²) >= 11 is 0.00694. The van der Waals surface area contributed by atoms with Crippen molar-refractivity contribution in [2.24, 2.45) is 0 Å². The molecule has 4 atom stereocenters. The molecule has 1 aromatic heterocycles. The Labute approximate surface area is 237 Å². The Kier molecular flexibility index (Phi) is 12.8. The molecule has 2 aliphatic carbocycles. The van der Waals surface area contributed by atoms with E-state index in [1.54, 1.807) is 0 Å². The van der Waals surface area contributed by atoms with Gasteiger partial charge in [-0.05, 0) is 17.7 Å². The minimum absolute atomic E-state index is 0.00694. The zero-order chi connectivity index (χ0) is 25.7. The SMILES string of the molecule is [Cl][Mn][Cl].c1ccc(COc2ccc3nc2C[N-]C2CCCCC2[N-]CC[N-][C@@H]2CCCC[C@H]2[N-]C3)cc1. The van der Waals surface area contributed by atoms with Crippen LogP contribution in [0.2, 0.25) is 0 Å². The number of hydrogen-bond acceptors (Lipinski definition) is 2. The Bertz CT molecular complexity index is 925. The van der Waals surface area contributed by atoms with Crippen LogP contribution in [0.3, 0.4) is 0 Å². The summed E-state index contributed by atoms with van der Waals surface area (Å²) in [5.41, 5.74) is 3.08. The average molecular weight is 585 g/mol. The molecule has 3 aliphatic rings. The van der Waals surface area contributed by atoms with Crippen LogP contribution in [0.25, 0.3) is 21.3 Å². The molecule has 0 saturated heterocycles. The minimum Gasteiger partial charge on any atom is -0.662 e. The van der Waals surface area contributed by atoms with Crippen LogP contribution in [0.1, 0.15) is 68.3 Å². The van der Waals surface area contributed by atoms with Crippen molar-refractivity contribution < 1.29 is 17.9 Å². The van der Waals surface area contributed by atoms with Crippen molar-refractivity contribution in [3.8, 4) is 5.75 Å². The van der Waals surface area contributed by atoms with Gasteiger partial charge in [0.05, 0.1) is 5.69 Å². The van der Waals surface area contributed by atoms with Crippen LogP contribution >= 0.6 is 20.2 Å². The summed E-state index contributed by atoms with van der Waals surface area (Å²) in [5.74, 6) is 0.829. The van der Waals surface area contributed by atoms with E-state index in [0.29, 0.717) is 37.8 Å². The van der Waals surface area contributed by atoms with Gasteiger partial charge in [-0.3, -0.25) is 4.98 Å². The maximum Gasteiger partial charge on any atom is 0.139 e. The van der Waals surface area contributed by atoms with Crippen LogP contribution in [0.5, 0.6) is 5.75 Å². The van der Waals surface area contributed by atoms with E-state index in [9.17, 15) is 0 Å². The number of ether oxygens (including phenoxy) is 1. The quantitative estimate of drug-likeness (QED) is 0.341. The molecule has 0 amide bonds. The van der Waals surface area contributed by atoms with Crippen LogP contribution in [0.4, 0.5) is 0 Å². The van der Waals surface area contributed by atoms with Crippen molar-refractivity contribution in [2.45, 2.75) is 95.2 Å². The fraction of sp³-hybridized carbons (Fsp3) is 0.607. The van der Waals surface area contributed by atoms with E-state index in [4.69, 9.17) is 51.2 Å². The molecule has 205 valence electrons. The number of fused-ring (bicyclic) bond motifs is 4. The van der Waals surface area contributed by atoms with Crippen LogP contribution in [-0.4, -0.2) is 42.2 Å². The van der Waals surface area contributed by atoms with Gasteiger partial charge in [-0.1, -0.05) is 81.7 Å². The minimum atomic E-state index is 0.00694. The van der Waals surface area contributed by atoms with Gasteiger partial charge in [-0.2, -0.15) is 37.3 Å². The average Bonchev–Trinajstić information content (AvgIpc) is 2.94. The third kappa shape index (κ3) is 9.36. The first kappa shape index (κ1) is 29.1. The summed E-state index contributed by atoms with van der Waals surface area (Å²) in [7, 11) is 9.59.